The first-order valence-electron chi connectivity index (χ1n) is 9.55. The van der Waals surface area contributed by atoms with Crippen molar-refractivity contribution in [3.05, 3.63) is 127 Å². The molecule has 0 unspecified atom stereocenters. The molecule has 1 amide bonds. The van der Waals surface area contributed by atoms with Crippen LogP contribution in [-0.4, -0.2) is 14.8 Å². The van der Waals surface area contributed by atoms with Crippen LogP contribution in [0, 0.1) is 0 Å². The molecule has 1 N–H and O–H groups in total. The molecule has 0 heterocycles. The lowest BCUT2D eigenvalue weighted by atomic mass is 10.2. The average molecular weight is 428 g/mol. The lowest BCUT2D eigenvalue weighted by molar-refractivity contribution is 0.0978. The third-order valence-corrected chi connectivity index (χ3v) is 6.69. The Kier molecular flexibility index (Phi) is 8.40. The van der Waals surface area contributed by atoms with Gasteiger partial charge >= 0.3 is 8.84 Å². The molecular formula is C25H22NO2PSi. The van der Waals surface area contributed by atoms with Crippen LogP contribution in [0.5, 0.6) is 0 Å². The Labute approximate surface area is 180 Å². The Morgan fingerprint density at radius 1 is 0.600 bits per heavy atom. The minimum Gasteiger partial charge on any atom is -0.353 e. The summed E-state index contributed by atoms with van der Waals surface area (Å²) in [4.78, 5) is 14.3. The Hall–Kier alpha value is -3.20. The predicted molar refractivity (Wildman–Crippen MR) is 127 cm³/mol. The van der Waals surface area contributed by atoms with Crippen LogP contribution in [0.25, 0.3) is 0 Å². The highest BCUT2D eigenvalue weighted by atomic mass is 31.1. The molecule has 0 fully saturated rings. The minimum absolute atomic E-state index is 0.307. The van der Waals surface area contributed by atoms with Crippen molar-refractivity contribution < 1.29 is 9.26 Å². The highest BCUT2D eigenvalue weighted by Gasteiger charge is 2.13. The molecule has 0 aliphatic rings. The van der Waals surface area contributed by atoms with Gasteiger partial charge in [-0.3, -0.25) is 4.79 Å². The quantitative estimate of drug-likeness (QED) is 0.391. The van der Waals surface area contributed by atoms with Gasteiger partial charge in [0.1, 0.15) is 0 Å². The van der Waals surface area contributed by atoms with E-state index in [1.165, 1.54) is 10.6 Å². The van der Waals surface area contributed by atoms with Crippen molar-refractivity contribution >= 4 is 39.1 Å². The van der Waals surface area contributed by atoms with Crippen LogP contribution in [0.1, 0.15) is 10.4 Å². The molecule has 3 nitrogen and oxygen atoms in total. The molecule has 148 valence electrons. The summed E-state index contributed by atoms with van der Waals surface area (Å²) in [6, 6.07) is 38.8. The summed E-state index contributed by atoms with van der Waals surface area (Å²) in [5, 5.41) is 3.45. The fourth-order valence-corrected chi connectivity index (χ4v) is 4.68. The number of amides is 1. The van der Waals surface area contributed by atoms with E-state index in [1.807, 2.05) is 12.1 Å². The van der Waals surface area contributed by atoms with Crippen molar-refractivity contribution in [3.63, 3.8) is 0 Å². The largest absolute Gasteiger partial charge is 0.435 e. The number of hydrogen-bond acceptors (Lipinski definition) is 2. The maximum absolute atomic E-state index is 11.9. The number of rotatable bonds is 5. The Balaban J connectivity index is 0.000000177. The lowest BCUT2D eigenvalue weighted by Gasteiger charge is -2.02. The molecule has 4 aromatic rings. The van der Waals surface area contributed by atoms with Crippen LogP contribution in [0.4, 0.5) is 0 Å². The maximum atomic E-state index is 11.9. The van der Waals surface area contributed by atoms with Gasteiger partial charge in [-0.05, 0) is 22.7 Å². The van der Waals surface area contributed by atoms with Crippen molar-refractivity contribution in [2.45, 2.75) is 0 Å². The second-order valence-corrected chi connectivity index (χ2v) is 9.26. The maximum Gasteiger partial charge on any atom is 0.435 e. The monoisotopic (exact) mass is 427 g/mol. The van der Waals surface area contributed by atoms with Crippen LogP contribution in [0.2, 0.25) is 0 Å². The van der Waals surface area contributed by atoms with E-state index in [4.69, 9.17) is 0 Å². The first-order valence-corrected chi connectivity index (χ1v) is 12.0. The molecule has 0 aliphatic heterocycles. The van der Waals surface area contributed by atoms with Gasteiger partial charge in [0, 0.05) is 10.8 Å². The third-order valence-electron chi connectivity index (χ3n) is 4.14. The van der Waals surface area contributed by atoms with E-state index < -0.39 is 8.84 Å². The Morgan fingerprint density at radius 3 is 1.47 bits per heavy atom. The fourth-order valence-electron chi connectivity index (χ4n) is 2.64. The van der Waals surface area contributed by atoms with Gasteiger partial charge in [0.05, 0.1) is 0 Å². The van der Waals surface area contributed by atoms with Crippen molar-refractivity contribution in [1.29, 1.82) is 0 Å². The van der Waals surface area contributed by atoms with Gasteiger partial charge < -0.3 is 9.44 Å². The molecule has 0 saturated heterocycles. The standard InChI is InChI=1S/C13H11NO2Si.C12H11P/c15-13(11-7-3-1-4-8-11)14-17(16)12-9-5-2-6-10-12;1-3-7-11(8-4-1)13-12-9-5-2-6-10-12/h1-10H,(H,14,15);1-10,13H. The number of carbonyl (C=O) groups excluding carboxylic acids is 1. The minimum atomic E-state index is -2.26. The van der Waals surface area contributed by atoms with Gasteiger partial charge in [0.15, 0.2) is 0 Å². The first-order chi connectivity index (χ1) is 14.7. The van der Waals surface area contributed by atoms with Crippen molar-refractivity contribution in [1.82, 2.24) is 4.98 Å². The Bertz CT molecular complexity index is 972. The van der Waals surface area contributed by atoms with Crippen LogP contribution in [0.3, 0.4) is 0 Å². The van der Waals surface area contributed by atoms with E-state index >= 15 is 0 Å². The van der Waals surface area contributed by atoms with Crippen LogP contribution < -0.4 is 20.8 Å². The molecule has 0 aromatic heterocycles. The van der Waals surface area contributed by atoms with Crippen molar-refractivity contribution in [3.8, 4) is 0 Å². The normalized spacial score (nSPS) is 9.73. The van der Waals surface area contributed by atoms with E-state index in [0.29, 0.717) is 10.8 Å². The van der Waals surface area contributed by atoms with Gasteiger partial charge in [-0.2, -0.15) is 0 Å². The smallest absolute Gasteiger partial charge is 0.353 e. The summed E-state index contributed by atoms with van der Waals surface area (Å²) < 4.78 is 11.9. The molecule has 0 radical (unpaired) electrons. The zero-order valence-electron chi connectivity index (χ0n) is 16.4. The second kappa shape index (κ2) is 11.7. The lowest BCUT2D eigenvalue weighted by Crippen LogP contribution is -2.40. The van der Waals surface area contributed by atoms with E-state index in [0.717, 1.165) is 8.58 Å². The van der Waals surface area contributed by atoms with Crippen molar-refractivity contribution in [2.24, 2.45) is 0 Å². The molecule has 0 bridgehead atoms. The van der Waals surface area contributed by atoms with Crippen LogP contribution >= 0.6 is 8.58 Å². The molecule has 0 saturated carbocycles. The zero-order chi connectivity index (χ0) is 21.0. The summed E-state index contributed by atoms with van der Waals surface area (Å²) in [6.45, 7) is 0. The summed E-state index contributed by atoms with van der Waals surface area (Å²) in [7, 11) is -1.49. The van der Waals surface area contributed by atoms with E-state index in [-0.39, 0.29) is 5.91 Å². The molecule has 4 rings (SSSR count). The number of nitrogens with one attached hydrogen (secondary N) is 1. The zero-order valence-corrected chi connectivity index (χ0v) is 18.4. The molecule has 4 aromatic carbocycles. The van der Waals surface area contributed by atoms with Crippen LogP contribution in [0.15, 0.2) is 121 Å². The highest BCUT2D eigenvalue weighted by Crippen LogP contribution is 2.08. The van der Waals surface area contributed by atoms with E-state index in [1.54, 1.807) is 48.5 Å². The molecule has 5 heteroatoms. The van der Waals surface area contributed by atoms with Crippen molar-refractivity contribution in [2.75, 3.05) is 0 Å². The predicted octanol–water partition coefficient (Wildman–Crippen LogP) is 3.56. The van der Waals surface area contributed by atoms with Gasteiger partial charge in [0.2, 0.25) is 5.91 Å². The van der Waals surface area contributed by atoms with E-state index in [2.05, 4.69) is 65.6 Å². The number of carbonyl (C=O) groups is 1. The van der Waals surface area contributed by atoms with Gasteiger partial charge in [-0.15, -0.1) is 0 Å². The summed E-state index contributed by atoms with van der Waals surface area (Å²) in [6.07, 6.45) is 0. The summed E-state index contributed by atoms with van der Waals surface area (Å²) in [5.74, 6) is -0.307. The second-order valence-electron chi connectivity index (χ2n) is 6.37. The molecule has 0 spiro atoms. The summed E-state index contributed by atoms with van der Waals surface area (Å²) in [5.41, 5.74) is 0.516. The molecular weight excluding hydrogens is 405 g/mol. The first kappa shape index (κ1) is 21.5. The molecule has 0 atom stereocenters. The number of hydrogen-bond donors (Lipinski definition) is 1. The number of benzene rings is 4. The average Bonchev–Trinajstić information content (AvgIpc) is 2.82. The SMILES string of the molecule is O=C(N[Si](=O)c1ccccc1)c1ccccc1.c1ccc(Pc2ccccc2)cc1. The van der Waals surface area contributed by atoms with E-state index in [9.17, 15) is 9.26 Å². The highest BCUT2D eigenvalue weighted by molar-refractivity contribution is 7.55. The van der Waals surface area contributed by atoms with Gasteiger partial charge in [-0.1, -0.05) is 118 Å². The van der Waals surface area contributed by atoms with Crippen LogP contribution in [-0.2, 0) is 4.46 Å². The fraction of sp³-hybridized carbons (Fsp3) is 0. The summed E-state index contributed by atoms with van der Waals surface area (Å²) >= 11 is 0. The molecule has 0 aliphatic carbocycles. The Morgan fingerprint density at radius 2 is 1.00 bits per heavy atom. The van der Waals surface area contributed by atoms with Gasteiger partial charge in [0.25, 0.3) is 0 Å². The third kappa shape index (κ3) is 7.00. The van der Waals surface area contributed by atoms with Gasteiger partial charge in [-0.25, -0.2) is 0 Å². The topological polar surface area (TPSA) is 46.2 Å². The molecule has 30 heavy (non-hydrogen) atoms.